The topological polar surface area (TPSA) is 54.5 Å². The molecule has 15 heavy (non-hydrogen) atoms. The number of rotatable bonds is 3. The quantitative estimate of drug-likeness (QED) is 0.801. The molecule has 5 heteroatoms. The van der Waals surface area contributed by atoms with Gasteiger partial charge in [0.25, 0.3) is 5.91 Å². The third-order valence-electron chi connectivity index (χ3n) is 1.98. The molecule has 0 aliphatic rings. The Balaban J connectivity index is 3.08. The minimum atomic E-state index is -0.143. The zero-order valence-electron chi connectivity index (χ0n) is 9.37. The van der Waals surface area contributed by atoms with E-state index in [-0.39, 0.29) is 5.91 Å². The fourth-order valence-corrected chi connectivity index (χ4v) is 1.14. The minimum absolute atomic E-state index is 0.143. The number of carbonyl (C=O) groups excluding carboxylic acids is 1. The zero-order chi connectivity index (χ0) is 11.4. The van der Waals surface area contributed by atoms with E-state index in [0.29, 0.717) is 11.4 Å². The number of pyridine rings is 1. The van der Waals surface area contributed by atoms with Crippen LogP contribution >= 0.6 is 0 Å². The molecule has 0 fully saturated rings. The van der Waals surface area contributed by atoms with Gasteiger partial charge in [0.15, 0.2) is 0 Å². The predicted molar refractivity (Wildman–Crippen MR) is 58.4 cm³/mol. The first-order valence-corrected chi connectivity index (χ1v) is 4.53. The zero-order valence-corrected chi connectivity index (χ0v) is 9.37. The van der Waals surface area contributed by atoms with Gasteiger partial charge in [-0.05, 0) is 0 Å². The van der Waals surface area contributed by atoms with Crippen molar-refractivity contribution in [2.24, 2.45) is 0 Å². The molecule has 1 N–H and O–H groups in total. The molecule has 82 valence electrons. The van der Waals surface area contributed by atoms with Gasteiger partial charge in [-0.25, -0.2) is 4.98 Å². The highest BCUT2D eigenvalue weighted by Gasteiger charge is 2.12. The van der Waals surface area contributed by atoms with Crippen molar-refractivity contribution in [3.63, 3.8) is 0 Å². The van der Waals surface area contributed by atoms with E-state index < -0.39 is 0 Å². The van der Waals surface area contributed by atoms with Crippen LogP contribution in [0, 0.1) is 0 Å². The Morgan fingerprint density at radius 2 is 2.20 bits per heavy atom. The summed E-state index contributed by atoms with van der Waals surface area (Å²) in [6.07, 6.45) is 1.58. The van der Waals surface area contributed by atoms with E-state index in [0.717, 1.165) is 5.69 Å². The molecule has 0 atom stereocenters. The van der Waals surface area contributed by atoms with E-state index in [1.807, 2.05) is 0 Å². The van der Waals surface area contributed by atoms with Crippen LogP contribution in [0.4, 0.5) is 5.69 Å². The number of nitrogens with zero attached hydrogens (tertiary/aromatic N) is 2. The van der Waals surface area contributed by atoms with Gasteiger partial charge in [-0.2, -0.15) is 0 Å². The summed E-state index contributed by atoms with van der Waals surface area (Å²) in [5.74, 6) is 0.466. The Morgan fingerprint density at radius 1 is 1.53 bits per heavy atom. The van der Waals surface area contributed by atoms with E-state index in [2.05, 4.69) is 10.3 Å². The molecule has 0 aliphatic heterocycles. The largest absolute Gasteiger partial charge is 0.494 e. The first-order chi connectivity index (χ1) is 7.10. The second-order valence-corrected chi connectivity index (χ2v) is 3.22. The maximum absolute atomic E-state index is 11.6. The number of amides is 1. The van der Waals surface area contributed by atoms with Gasteiger partial charge >= 0.3 is 0 Å². The van der Waals surface area contributed by atoms with Crippen molar-refractivity contribution in [2.45, 2.75) is 0 Å². The molecule has 0 unspecified atom stereocenters. The molecule has 0 saturated heterocycles. The Morgan fingerprint density at radius 3 is 2.67 bits per heavy atom. The van der Waals surface area contributed by atoms with Crippen LogP contribution in [0.2, 0.25) is 0 Å². The molecule has 0 radical (unpaired) electrons. The second kappa shape index (κ2) is 4.63. The molecule has 1 heterocycles. The van der Waals surface area contributed by atoms with Crippen LogP contribution in [0.3, 0.4) is 0 Å². The summed E-state index contributed by atoms with van der Waals surface area (Å²) < 4.78 is 5.13. The number of ether oxygens (including phenoxy) is 1. The Bertz CT molecular complexity index is 364. The van der Waals surface area contributed by atoms with Crippen molar-refractivity contribution in [1.29, 1.82) is 0 Å². The Labute approximate surface area is 89.1 Å². The molecule has 0 aromatic carbocycles. The fourth-order valence-electron chi connectivity index (χ4n) is 1.14. The lowest BCUT2D eigenvalue weighted by atomic mass is 10.3. The molecule has 1 amide bonds. The molecular weight excluding hydrogens is 194 g/mol. The molecular formula is C10H15N3O2. The van der Waals surface area contributed by atoms with Crippen molar-refractivity contribution in [3.05, 3.63) is 18.0 Å². The van der Waals surface area contributed by atoms with E-state index in [1.165, 1.54) is 4.90 Å². The van der Waals surface area contributed by atoms with Crippen LogP contribution in [0.5, 0.6) is 5.75 Å². The molecule has 5 nitrogen and oxygen atoms in total. The molecule has 1 aromatic rings. The van der Waals surface area contributed by atoms with Crippen LogP contribution in [-0.2, 0) is 0 Å². The van der Waals surface area contributed by atoms with Crippen LogP contribution < -0.4 is 10.1 Å². The third-order valence-corrected chi connectivity index (χ3v) is 1.98. The number of carbonyl (C=O) groups is 1. The van der Waals surface area contributed by atoms with Gasteiger partial charge < -0.3 is 15.0 Å². The number of hydrogen-bond donors (Lipinski definition) is 1. The summed E-state index contributed by atoms with van der Waals surface area (Å²) in [4.78, 5) is 17.1. The number of methoxy groups -OCH3 is 1. The molecule has 0 aliphatic carbocycles. The lowest BCUT2D eigenvalue weighted by molar-refractivity contribution is 0.0821. The van der Waals surface area contributed by atoms with Crippen molar-refractivity contribution in [2.75, 3.05) is 33.6 Å². The highest BCUT2D eigenvalue weighted by molar-refractivity contribution is 5.92. The number of aromatic nitrogens is 1. The fraction of sp³-hybridized carbons (Fsp3) is 0.400. The molecule has 0 saturated carbocycles. The highest BCUT2D eigenvalue weighted by atomic mass is 16.5. The van der Waals surface area contributed by atoms with Gasteiger partial charge in [0.2, 0.25) is 0 Å². The summed E-state index contributed by atoms with van der Waals surface area (Å²) in [7, 11) is 6.69. The minimum Gasteiger partial charge on any atom is -0.494 e. The summed E-state index contributed by atoms with van der Waals surface area (Å²) in [6, 6.07) is 1.62. The normalized spacial score (nSPS) is 9.60. The summed E-state index contributed by atoms with van der Waals surface area (Å²) >= 11 is 0. The Kier molecular flexibility index (Phi) is 3.49. The van der Waals surface area contributed by atoms with E-state index in [9.17, 15) is 4.79 Å². The highest BCUT2D eigenvalue weighted by Crippen LogP contribution is 2.23. The lowest BCUT2D eigenvalue weighted by Crippen LogP contribution is -2.22. The third kappa shape index (κ3) is 2.37. The first-order valence-electron chi connectivity index (χ1n) is 4.53. The SMILES string of the molecule is CNc1cnc(C(=O)N(C)C)cc1OC. The van der Waals surface area contributed by atoms with Gasteiger partial charge in [0.05, 0.1) is 19.0 Å². The molecule has 0 spiro atoms. The first kappa shape index (κ1) is 11.3. The standard InChI is InChI=1S/C10H15N3O2/c1-11-8-6-12-7(5-9(8)15-4)10(14)13(2)3/h5-6,11H,1-4H3. The van der Waals surface area contributed by atoms with Crippen molar-refractivity contribution >= 4 is 11.6 Å². The monoisotopic (exact) mass is 209 g/mol. The van der Waals surface area contributed by atoms with Crippen molar-refractivity contribution in [3.8, 4) is 5.75 Å². The number of nitrogens with one attached hydrogen (secondary N) is 1. The smallest absolute Gasteiger partial charge is 0.272 e. The van der Waals surface area contributed by atoms with Crippen LogP contribution in [0.25, 0.3) is 0 Å². The van der Waals surface area contributed by atoms with E-state index >= 15 is 0 Å². The maximum atomic E-state index is 11.6. The van der Waals surface area contributed by atoms with Gasteiger partial charge in [0, 0.05) is 27.2 Å². The van der Waals surface area contributed by atoms with Gasteiger partial charge in [0.1, 0.15) is 11.4 Å². The lowest BCUT2D eigenvalue weighted by Gasteiger charge is -2.12. The number of anilines is 1. The van der Waals surface area contributed by atoms with Crippen molar-refractivity contribution < 1.29 is 9.53 Å². The summed E-state index contributed by atoms with van der Waals surface area (Å²) in [6.45, 7) is 0. The van der Waals surface area contributed by atoms with Gasteiger partial charge in [-0.3, -0.25) is 4.79 Å². The Hall–Kier alpha value is -1.78. The molecule has 1 rings (SSSR count). The van der Waals surface area contributed by atoms with Crippen LogP contribution in [-0.4, -0.2) is 44.0 Å². The maximum Gasteiger partial charge on any atom is 0.272 e. The van der Waals surface area contributed by atoms with E-state index in [4.69, 9.17) is 4.74 Å². The van der Waals surface area contributed by atoms with Crippen LogP contribution in [0.15, 0.2) is 12.3 Å². The van der Waals surface area contributed by atoms with Crippen molar-refractivity contribution in [1.82, 2.24) is 9.88 Å². The second-order valence-electron chi connectivity index (χ2n) is 3.22. The van der Waals surface area contributed by atoms with Gasteiger partial charge in [-0.15, -0.1) is 0 Å². The average Bonchev–Trinajstić information content (AvgIpc) is 2.26. The van der Waals surface area contributed by atoms with Gasteiger partial charge in [-0.1, -0.05) is 0 Å². The average molecular weight is 209 g/mol. The van der Waals surface area contributed by atoms with E-state index in [1.54, 1.807) is 40.5 Å². The number of hydrogen-bond acceptors (Lipinski definition) is 4. The predicted octanol–water partition coefficient (Wildman–Crippen LogP) is 0.834. The van der Waals surface area contributed by atoms with Crippen LogP contribution in [0.1, 0.15) is 10.5 Å². The summed E-state index contributed by atoms with van der Waals surface area (Å²) in [5, 5.41) is 2.93. The molecule has 0 bridgehead atoms. The summed E-state index contributed by atoms with van der Waals surface area (Å²) in [5.41, 5.74) is 1.13. The molecule has 1 aromatic heterocycles.